The summed E-state index contributed by atoms with van der Waals surface area (Å²) in [5.41, 5.74) is 1.78. The van der Waals surface area contributed by atoms with E-state index in [0.717, 1.165) is 4.90 Å². The molecule has 3 unspecified atom stereocenters. The third-order valence-electron chi connectivity index (χ3n) is 6.37. The summed E-state index contributed by atoms with van der Waals surface area (Å²) in [4.78, 5) is 32.8. The first kappa shape index (κ1) is 19.6. The van der Waals surface area contributed by atoms with E-state index in [4.69, 9.17) is 4.84 Å². The molecule has 1 fully saturated rings. The number of β-lactam (4-membered cyclic amide) rings is 1. The number of fused-ring (bicyclic) bond motifs is 4. The van der Waals surface area contributed by atoms with Crippen LogP contribution < -0.4 is 0 Å². The number of rotatable bonds is 5. The van der Waals surface area contributed by atoms with E-state index in [1.54, 1.807) is 11.4 Å². The lowest BCUT2D eigenvalue weighted by molar-refractivity contribution is -0.163. The number of carboxylic acids is 1. The monoisotopic (exact) mass is 426 g/mol. The standard InChI is InChI=1S/C22H22N2O5S/c1-11-16(20(22(27)28)24-19(11)18(12(2)25)21(24)26)10-29-23-9-15-14-6-4-3-5-13(14)7-8-17(15)30-23/h3-8,11-12,18-19,25H,9-10H2,1-2H3,(H,27,28)/t11-,12?,18?,19?/m0/s1. The van der Waals surface area contributed by atoms with Crippen LogP contribution in [0.2, 0.25) is 0 Å². The van der Waals surface area contributed by atoms with Gasteiger partial charge < -0.3 is 15.1 Å². The van der Waals surface area contributed by atoms with E-state index in [-0.39, 0.29) is 30.2 Å². The summed E-state index contributed by atoms with van der Waals surface area (Å²) >= 11 is 1.49. The molecule has 7 nitrogen and oxygen atoms in total. The highest BCUT2D eigenvalue weighted by Gasteiger charge is 2.59. The molecule has 2 aromatic rings. The van der Waals surface area contributed by atoms with E-state index >= 15 is 0 Å². The molecule has 5 rings (SSSR count). The fourth-order valence-corrected chi connectivity index (χ4v) is 5.82. The van der Waals surface area contributed by atoms with Gasteiger partial charge in [0.25, 0.3) is 0 Å². The Bertz CT molecular complexity index is 1100. The molecule has 0 aromatic heterocycles. The second-order valence-corrected chi connectivity index (χ2v) is 9.08. The highest BCUT2D eigenvalue weighted by molar-refractivity contribution is 7.97. The molecule has 1 amide bonds. The Kier molecular flexibility index (Phi) is 4.62. The maximum Gasteiger partial charge on any atom is 0.352 e. The van der Waals surface area contributed by atoms with Gasteiger partial charge in [-0.25, -0.2) is 4.79 Å². The number of benzene rings is 2. The molecule has 8 heteroatoms. The Morgan fingerprint density at radius 2 is 2.07 bits per heavy atom. The fraction of sp³-hybridized carbons (Fsp3) is 0.364. The largest absolute Gasteiger partial charge is 0.477 e. The maximum absolute atomic E-state index is 12.4. The molecule has 2 N–H and O–H groups in total. The smallest absolute Gasteiger partial charge is 0.352 e. The van der Waals surface area contributed by atoms with Crippen molar-refractivity contribution in [2.45, 2.75) is 37.4 Å². The molecule has 30 heavy (non-hydrogen) atoms. The van der Waals surface area contributed by atoms with Crippen LogP contribution in [0.15, 0.2) is 52.6 Å². The SMILES string of the molecule is CC(O)C1C(=O)N2C(C(=O)O)=C(CON3Cc4c(ccc5ccccc45)S3)[C@H](C)C12. The number of carbonyl (C=O) groups is 2. The summed E-state index contributed by atoms with van der Waals surface area (Å²) in [5, 5.41) is 22.0. The molecule has 3 aliphatic rings. The Morgan fingerprint density at radius 1 is 1.30 bits per heavy atom. The molecule has 0 bridgehead atoms. The molecule has 3 heterocycles. The van der Waals surface area contributed by atoms with Crippen LogP contribution in [0.3, 0.4) is 0 Å². The average molecular weight is 426 g/mol. The quantitative estimate of drug-likeness (QED) is 0.561. The number of hydrogen-bond acceptors (Lipinski definition) is 6. The van der Waals surface area contributed by atoms with Crippen LogP contribution >= 0.6 is 11.9 Å². The summed E-state index contributed by atoms with van der Waals surface area (Å²) in [6, 6.07) is 12.0. The number of hydroxylamine groups is 1. The zero-order valence-corrected chi connectivity index (χ0v) is 17.4. The number of carboxylic acid groups (broad SMARTS) is 1. The normalized spacial score (nSPS) is 26.7. The van der Waals surface area contributed by atoms with Crippen molar-refractivity contribution in [2.24, 2.45) is 11.8 Å². The summed E-state index contributed by atoms with van der Waals surface area (Å²) in [5.74, 6) is -2.22. The number of hydrogen-bond donors (Lipinski definition) is 2. The molecular formula is C22H22N2O5S. The Hall–Kier alpha value is -2.39. The molecular weight excluding hydrogens is 404 g/mol. The zero-order chi connectivity index (χ0) is 21.2. The predicted octanol–water partition coefficient (Wildman–Crippen LogP) is 2.79. The number of aliphatic hydroxyl groups is 1. The number of carbonyl (C=O) groups excluding carboxylic acids is 1. The predicted molar refractivity (Wildman–Crippen MR) is 111 cm³/mol. The number of aliphatic carboxylic acids is 1. The molecule has 2 aromatic carbocycles. The van der Waals surface area contributed by atoms with Crippen molar-refractivity contribution >= 4 is 34.6 Å². The van der Waals surface area contributed by atoms with Crippen LogP contribution in [-0.4, -0.2) is 50.2 Å². The van der Waals surface area contributed by atoms with Gasteiger partial charge in [0.15, 0.2) is 0 Å². The van der Waals surface area contributed by atoms with Crippen molar-refractivity contribution in [3.05, 3.63) is 53.2 Å². The van der Waals surface area contributed by atoms with Gasteiger partial charge in [0.05, 0.1) is 31.2 Å². The van der Waals surface area contributed by atoms with Crippen molar-refractivity contribution in [3.63, 3.8) is 0 Å². The van der Waals surface area contributed by atoms with Crippen LogP contribution in [-0.2, 0) is 21.0 Å². The first-order chi connectivity index (χ1) is 14.4. The van der Waals surface area contributed by atoms with Crippen LogP contribution in [0.5, 0.6) is 0 Å². The highest BCUT2D eigenvalue weighted by atomic mass is 32.2. The minimum absolute atomic E-state index is 0.00145. The van der Waals surface area contributed by atoms with Crippen molar-refractivity contribution < 1.29 is 24.6 Å². The molecule has 3 aliphatic heterocycles. The van der Waals surface area contributed by atoms with E-state index in [2.05, 4.69) is 24.3 Å². The summed E-state index contributed by atoms with van der Waals surface area (Å²) in [7, 11) is 0. The van der Waals surface area contributed by atoms with Crippen LogP contribution in [0.4, 0.5) is 0 Å². The van der Waals surface area contributed by atoms with Gasteiger partial charge in [0.1, 0.15) is 5.70 Å². The lowest BCUT2D eigenvalue weighted by Gasteiger charge is -2.46. The van der Waals surface area contributed by atoms with E-state index in [0.29, 0.717) is 12.1 Å². The van der Waals surface area contributed by atoms with Crippen molar-refractivity contribution in [3.8, 4) is 0 Å². The van der Waals surface area contributed by atoms with Gasteiger partial charge >= 0.3 is 5.97 Å². The lowest BCUT2D eigenvalue weighted by Crippen LogP contribution is -2.63. The Labute approximate surface area is 178 Å². The van der Waals surface area contributed by atoms with Crippen LogP contribution in [0, 0.1) is 11.8 Å². The summed E-state index contributed by atoms with van der Waals surface area (Å²) in [6.45, 7) is 4.15. The van der Waals surface area contributed by atoms with Gasteiger partial charge in [-0.1, -0.05) is 37.3 Å². The lowest BCUT2D eigenvalue weighted by atomic mass is 9.78. The second kappa shape index (κ2) is 7.09. The molecule has 0 spiro atoms. The maximum atomic E-state index is 12.4. The minimum atomic E-state index is -1.14. The van der Waals surface area contributed by atoms with E-state index in [1.807, 2.05) is 19.1 Å². The van der Waals surface area contributed by atoms with Gasteiger partial charge in [0, 0.05) is 10.8 Å². The van der Waals surface area contributed by atoms with E-state index in [9.17, 15) is 19.8 Å². The first-order valence-corrected chi connectivity index (χ1v) is 10.7. The Balaban J connectivity index is 1.36. The number of aliphatic hydroxyl groups excluding tert-OH is 1. The van der Waals surface area contributed by atoms with Crippen molar-refractivity contribution in [2.75, 3.05) is 6.61 Å². The first-order valence-electron chi connectivity index (χ1n) is 9.95. The molecule has 156 valence electrons. The Morgan fingerprint density at radius 3 is 2.80 bits per heavy atom. The van der Waals surface area contributed by atoms with E-state index < -0.39 is 18.0 Å². The fourth-order valence-electron chi connectivity index (χ4n) is 4.88. The van der Waals surface area contributed by atoms with E-state index in [1.165, 1.54) is 33.2 Å². The minimum Gasteiger partial charge on any atom is -0.477 e. The molecule has 0 saturated carbocycles. The van der Waals surface area contributed by atoms with Crippen LogP contribution in [0.25, 0.3) is 10.8 Å². The van der Waals surface area contributed by atoms with Crippen molar-refractivity contribution in [1.29, 1.82) is 0 Å². The topological polar surface area (TPSA) is 90.3 Å². The third-order valence-corrected chi connectivity index (χ3v) is 7.38. The molecule has 1 saturated heterocycles. The average Bonchev–Trinajstić information content (AvgIpc) is 3.23. The van der Waals surface area contributed by atoms with Gasteiger partial charge in [-0.15, -0.1) is 4.47 Å². The molecule has 4 atom stereocenters. The number of amides is 1. The molecule has 0 aliphatic carbocycles. The van der Waals surface area contributed by atoms with Gasteiger partial charge in [-0.05, 0) is 46.8 Å². The van der Waals surface area contributed by atoms with Gasteiger partial charge in [-0.2, -0.15) is 0 Å². The van der Waals surface area contributed by atoms with Gasteiger partial charge in [-0.3, -0.25) is 9.63 Å². The van der Waals surface area contributed by atoms with Crippen molar-refractivity contribution in [1.82, 2.24) is 9.37 Å². The highest BCUT2D eigenvalue weighted by Crippen LogP contribution is 2.47. The van der Waals surface area contributed by atoms with Gasteiger partial charge in [0.2, 0.25) is 5.91 Å². The summed E-state index contributed by atoms with van der Waals surface area (Å²) < 4.78 is 1.76. The second-order valence-electron chi connectivity index (χ2n) is 8.05. The summed E-state index contributed by atoms with van der Waals surface area (Å²) in [6.07, 6.45) is -0.812. The number of nitrogens with zero attached hydrogens (tertiary/aromatic N) is 2. The van der Waals surface area contributed by atoms with Crippen LogP contribution in [0.1, 0.15) is 19.4 Å². The zero-order valence-electron chi connectivity index (χ0n) is 16.6. The molecule has 0 radical (unpaired) electrons. The third kappa shape index (κ3) is 2.79.